The van der Waals surface area contributed by atoms with Gasteiger partial charge in [-0.05, 0) is 24.4 Å². The summed E-state index contributed by atoms with van der Waals surface area (Å²) < 4.78 is 3.62. The maximum Gasteiger partial charge on any atom is 0.272 e. The number of hydrogen-bond acceptors (Lipinski definition) is 5. The van der Waals surface area contributed by atoms with Crippen LogP contribution in [0.3, 0.4) is 0 Å². The quantitative estimate of drug-likeness (QED) is 0.679. The first-order valence-electron chi connectivity index (χ1n) is 5.00. The van der Waals surface area contributed by atoms with Crippen LogP contribution in [-0.4, -0.2) is 33.8 Å². The van der Waals surface area contributed by atoms with Gasteiger partial charge in [-0.25, -0.2) is 0 Å². The first-order chi connectivity index (χ1) is 7.34. The molecular formula is C9H15N3O2S. The predicted octanol–water partition coefficient (Wildman–Crippen LogP) is 0.821. The molecule has 0 bridgehead atoms. The van der Waals surface area contributed by atoms with E-state index >= 15 is 0 Å². The van der Waals surface area contributed by atoms with Crippen LogP contribution in [0.4, 0.5) is 0 Å². The summed E-state index contributed by atoms with van der Waals surface area (Å²) in [5.41, 5.74) is 0.385. The van der Waals surface area contributed by atoms with Crippen molar-refractivity contribution in [3.05, 3.63) is 11.1 Å². The molecule has 15 heavy (non-hydrogen) atoms. The molecule has 0 fully saturated rings. The Labute approximate surface area is 92.7 Å². The third kappa shape index (κ3) is 4.85. The Bertz CT molecular complexity index is 277. The zero-order valence-electron chi connectivity index (χ0n) is 8.48. The highest BCUT2D eigenvalue weighted by molar-refractivity contribution is 7.03. The third-order valence-electron chi connectivity index (χ3n) is 1.96. The zero-order valence-corrected chi connectivity index (χ0v) is 9.29. The van der Waals surface area contributed by atoms with E-state index in [0.29, 0.717) is 12.2 Å². The number of aromatic nitrogens is 2. The Balaban J connectivity index is 2.03. The fourth-order valence-corrected chi connectivity index (χ4v) is 1.58. The summed E-state index contributed by atoms with van der Waals surface area (Å²) in [7, 11) is 0. The summed E-state index contributed by atoms with van der Waals surface area (Å²) in [6.45, 7) is 0.901. The van der Waals surface area contributed by atoms with Crippen LogP contribution in [0, 0.1) is 0 Å². The van der Waals surface area contributed by atoms with Crippen LogP contribution >= 0.6 is 11.5 Å². The lowest BCUT2D eigenvalue weighted by Gasteiger charge is -2.02. The van der Waals surface area contributed by atoms with Crippen molar-refractivity contribution in [2.24, 2.45) is 0 Å². The molecule has 84 valence electrons. The van der Waals surface area contributed by atoms with Crippen LogP contribution < -0.4 is 5.32 Å². The van der Waals surface area contributed by atoms with Crippen LogP contribution in [0.15, 0.2) is 5.38 Å². The second-order valence-electron chi connectivity index (χ2n) is 3.18. The van der Waals surface area contributed by atoms with Crippen LogP contribution in [0.2, 0.25) is 0 Å². The number of amides is 1. The van der Waals surface area contributed by atoms with Gasteiger partial charge in [0.2, 0.25) is 0 Å². The van der Waals surface area contributed by atoms with Crippen molar-refractivity contribution >= 4 is 17.4 Å². The molecule has 0 spiro atoms. The summed E-state index contributed by atoms with van der Waals surface area (Å²) in [5, 5.41) is 16.6. The van der Waals surface area contributed by atoms with Crippen molar-refractivity contribution in [3.63, 3.8) is 0 Å². The SMILES string of the molecule is O=C(NCCCCCCO)c1csnn1. The van der Waals surface area contributed by atoms with E-state index in [1.54, 1.807) is 5.38 Å². The number of carbonyl (C=O) groups is 1. The highest BCUT2D eigenvalue weighted by Crippen LogP contribution is 1.99. The van der Waals surface area contributed by atoms with Crippen LogP contribution in [0.5, 0.6) is 0 Å². The molecule has 0 saturated carbocycles. The van der Waals surface area contributed by atoms with Gasteiger partial charge in [0, 0.05) is 18.5 Å². The standard InChI is InChI=1S/C9H15N3O2S/c13-6-4-2-1-3-5-10-9(14)8-7-15-12-11-8/h7,13H,1-6H2,(H,10,14). The molecule has 6 heteroatoms. The molecule has 0 aromatic carbocycles. The molecule has 0 aliphatic rings. The maximum absolute atomic E-state index is 11.3. The van der Waals surface area contributed by atoms with Gasteiger partial charge in [0.25, 0.3) is 5.91 Å². The van der Waals surface area contributed by atoms with Gasteiger partial charge < -0.3 is 10.4 Å². The number of hydrogen-bond donors (Lipinski definition) is 2. The summed E-state index contributed by atoms with van der Waals surface area (Å²) in [4.78, 5) is 11.3. The molecule has 1 amide bonds. The molecular weight excluding hydrogens is 214 g/mol. The molecule has 0 saturated heterocycles. The van der Waals surface area contributed by atoms with E-state index in [1.807, 2.05) is 0 Å². The molecule has 2 N–H and O–H groups in total. The van der Waals surface area contributed by atoms with Crippen LogP contribution in [0.1, 0.15) is 36.2 Å². The lowest BCUT2D eigenvalue weighted by molar-refractivity contribution is 0.0948. The minimum Gasteiger partial charge on any atom is -0.396 e. The Morgan fingerprint density at radius 2 is 2.20 bits per heavy atom. The molecule has 5 nitrogen and oxygen atoms in total. The third-order valence-corrected chi connectivity index (χ3v) is 2.47. The van der Waals surface area contributed by atoms with Crippen LogP contribution in [-0.2, 0) is 0 Å². The van der Waals surface area contributed by atoms with E-state index in [-0.39, 0.29) is 12.5 Å². The van der Waals surface area contributed by atoms with Gasteiger partial charge in [-0.2, -0.15) is 0 Å². The van der Waals surface area contributed by atoms with Crippen molar-refractivity contribution in [2.45, 2.75) is 25.7 Å². The maximum atomic E-state index is 11.3. The highest BCUT2D eigenvalue weighted by atomic mass is 32.1. The predicted molar refractivity (Wildman–Crippen MR) is 57.8 cm³/mol. The van der Waals surface area contributed by atoms with Gasteiger partial charge in [-0.3, -0.25) is 4.79 Å². The van der Waals surface area contributed by atoms with E-state index in [9.17, 15) is 4.79 Å². The van der Waals surface area contributed by atoms with Crippen LogP contribution in [0.25, 0.3) is 0 Å². The molecule has 0 unspecified atom stereocenters. The fraction of sp³-hybridized carbons (Fsp3) is 0.667. The lowest BCUT2D eigenvalue weighted by atomic mass is 10.2. The fourth-order valence-electron chi connectivity index (χ4n) is 1.15. The summed E-state index contributed by atoms with van der Waals surface area (Å²) in [6, 6.07) is 0. The number of nitrogens with zero attached hydrogens (tertiary/aromatic N) is 2. The summed E-state index contributed by atoms with van der Waals surface area (Å²) in [5.74, 6) is -0.161. The number of aliphatic hydroxyl groups excluding tert-OH is 1. The Hall–Kier alpha value is -1.01. The van der Waals surface area contributed by atoms with Gasteiger partial charge >= 0.3 is 0 Å². The van der Waals surface area contributed by atoms with Gasteiger partial charge in [0.05, 0.1) is 0 Å². The van der Waals surface area contributed by atoms with Crippen molar-refractivity contribution in [2.75, 3.05) is 13.2 Å². The van der Waals surface area contributed by atoms with Crippen molar-refractivity contribution < 1.29 is 9.90 Å². The molecule has 0 aliphatic carbocycles. The molecule has 1 rings (SSSR count). The molecule has 0 atom stereocenters. The van der Waals surface area contributed by atoms with E-state index in [2.05, 4.69) is 14.9 Å². The zero-order chi connectivity index (χ0) is 10.9. The van der Waals surface area contributed by atoms with Gasteiger partial charge in [0.15, 0.2) is 5.69 Å². The average molecular weight is 229 g/mol. The van der Waals surface area contributed by atoms with E-state index in [4.69, 9.17) is 5.11 Å². The smallest absolute Gasteiger partial charge is 0.272 e. The molecule has 1 aromatic heterocycles. The van der Waals surface area contributed by atoms with Gasteiger partial charge in [-0.15, -0.1) is 5.10 Å². The van der Waals surface area contributed by atoms with Crippen molar-refractivity contribution in [3.8, 4) is 0 Å². The largest absolute Gasteiger partial charge is 0.396 e. The van der Waals surface area contributed by atoms with E-state index in [0.717, 1.165) is 25.7 Å². The second-order valence-corrected chi connectivity index (χ2v) is 3.79. The highest BCUT2D eigenvalue weighted by Gasteiger charge is 2.06. The normalized spacial score (nSPS) is 10.2. The number of nitrogens with one attached hydrogen (secondary N) is 1. The minimum absolute atomic E-state index is 0.161. The average Bonchev–Trinajstić information content (AvgIpc) is 2.76. The Kier molecular flexibility index (Phi) is 5.87. The minimum atomic E-state index is -0.161. The Morgan fingerprint density at radius 1 is 1.40 bits per heavy atom. The molecule has 0 aliphatic heterocycles. The van der Waals surface area contributed by atoms with Crippen molar-refractivity contribution in [1.29, 1.82) is 0 Å². The molecule has 1 aromatic rings. The molecule has 0 radical (unpaired) electrons. The summed E-state index contributed by atoms with van der Waals surface area (Å²) >= 11 is 1.17. The second kappa shape index (κ2) is 7.30. The number of aliphatic hydroxyl groups is 1. The lowest BCUT2D eigenvalue weighted by Crippen LogP contribution is -2.24. The molecule has 1 heterocycles. The Morgan fingerprint density at radius 3 is 2.87 bits per heavy atom. The number of unbranched alkanes of at least 4 members (excludes halogenated alkanes) is 3. The van der Waals surface area contributed by atoms with E-state index < -0.39 is 0 Å². The monoisotopic (exact) mass is 229 g/mol. The number of carbonyl (C=O) groups excluding carboxylic acids is 1. The van der Waals surface area contributed by atoms with Gasteiger partial charge in [-0.1, -0.05) is 17.3 Å². The first kappa shape index (κ1) is 12.1. The first-order valence-corrected chi connectivity index (χ1v) is 5.84. The topological polar surface area (TPSA) is 75.1 Å². The van der Waals surface area contributed by atoms with Gasteiger partial charge in [0.1, 0.15) is 0 Å². The van der Waals surface area contributed by atoms with E-state index in [1.165, 1.54) is 11.5 Å². The summed E-state index contributed by atoms with van der Waals surface area (Å²) in [6.07, 6.45) is 3.80. The number of rotatable bonds is 7. The van der Waals surface area contributed by atoms with Crippen molar-refractivity contribution in [1.82, 2.24) is 14.9 Å².